The first-order chi connectivity index (χ1) is 14.1. The van der Waals surface area contributed by atoms with Gasteiger partial charge in [-0.05, 0) is 37.1 Å². The Morgan fingerprint density at radius 3 is 2.43 bits per heavy atom. The van der Waals surface area contributed by atoms with Crippen LogP contribution in [0.15, 0.2) is 48.4 Å². The molecule has 0 bridgehead atoms. The predicted molar refractivity (Wildman–Crippen MR) is 112 cm³/mol. The number of benzene rings is 1. The van der Waals surface area contributed by atoms with Gasteiger partial charge in [-0.25, -0.2) is 8.42 Å². The van der Waals surface area contributed by atoms with Crippen molar-refractivity contribution in [3.8, 4) is 0 Å². The zero-order valence-corrected chi connectivity index (χ0v) is 18.1. The quantitative estimate of drug-likeness (QED) is 0.460. The van der Waals surface area contributed by atoms with Gasteiger partial charge in [0.25, 0.3) is 5.91 Å². The first kappa shape index (κ1) is 23.8. The molecule has 2 atom stereocenters. The normalized spacial score (nSPS) is 19.3. The molecule has 164 valence electrons. The smallest absolute Gasteiger partial charge is 0.325 e. The topological polar surface area (TPSA) is 104 Å². The van der Waals surface area contributed by atoms with Crippen molar-refractivity contribution in [3.05, 3.63) is 54.6 Å². The highest BCUT2D eigenvalue weighted by Gasteiger charge is 2.44. The van der Waals surface area contributed by atoms with Gasteiger partial charge in [-0.15, -0.1) is 13.2 Å². The maximum absolute atomic E-state index is 13.1. The van der Waals surface area contributed by atoms with Crippen molar-refractivity contribution in [3.63, 3.8) is 0 Å². The maximum atomic E-state index is 13.1. The predicted octanol–water partition coefficient (Wildman–Crippen LogP) is 1.17. The van der Waals surface area contributed by atoms with Crippen molar-refractivity contribution in [1.29, 1.82) is 0 Å². The number of amides is 1. The fourth-order valence-corrected chi connectivity index (χ4v) is 4.90. The van der Waals surface area contributed by atoms with E-state index >= 15 is 0 Å². The fraction of sp³-hybridized carbons (Fsp3) is 0.429. The fourth-order valence-electron chi connectivity index (χ4n) is 3.18. The molecule has 1 fully saturated rings. The molecule has 1 aromatic rings. The molecule has 1 N–H and O–H groups in total. The van der Waals surface area contributed by atoms with Crippen LogP contribution in [0.1, 0.15) is 17.5 Å². The van der Waals surface area contributed by atoms with Gasteiger partial charge in [0.15, 0.2) is 6.61 Å². The summed E-state index contributed by atoms with van der Waals surface area (Å²) >= 11 is 0. The molecule has 1 saturated heterocycles. The number of hydrogen-bond acceptors (Lipinski definition) is 6. The number of esters is 1. The van der Waals surface area contributed by atoms with Crippen molar-refractivity contribution in [2.75, 3.05) is 26.2 Å². The lowest BCUT2D eigenvalue weighted by Crippen LogP contribution is -2.43. The highest BCUT2D eigenvalue weighted by molar-refractivity contribution is 7.89. The van der Waals surface area contributed by atoms with E-state index in [0.29, 0.717) is 0 Å². The van der Waals surface area contributed by atoms with Crippen molar-refractivity contribution < 1.29 is 27.9 Å². The standard InChI is InChI=1S/C21H28N2O6S/c1-5-9-22(10-6-2)20(25)14-29-21(26)19-12-17(24)13-23(19)30(27,28)18-8-7-15(3)16(4)11-18/h5-8,11,17,19,24H,1-2,9-10,12-14H2,3-4H3. The number of aryl methyl sites for hydroxylation is 2. The van der Waals surface area contributed by atoms with E-state index in [0.717, 1.165) is 15.4 Å². The number of nitrogens with zero attached hydrogens (tertiary/aromatic N) is 2. The van der Waals surface area contributed by atoms with Crippen LogP contribution in [-0.2, 0) is 24.3 Å². The summed E-state index contributed by atoms with van der Waals surface area (Å²) in [5.41, 5.74) is 1.73. The Balaban J connectivity index is 2.16. The minimum atomic E-state index is -4.03. The zero-order chi connectivity index (χ0) is 22.5. The van der Waals surface area contributed by atoms with Crippen LogP contribution < -0.4 is 0 Å². The van der Waals surface area contributed by atoms with E-state index in [1.165, 1.54) is 29.2 Å². The van der Waals surface area contributed by atoms with E-state index in [9.17, 15) is 23.1 Å². The summed E-state index contributed by atoms with van der Waals surface area (Å²) in [6.45, 7) is 10.6. The van der Waals surface area contributed by atoms with Gasteiger partial charge in [-0.1, -0.05) is 18.2 Å². The van der Waals surface area contributed by atoms with Crippen molar-refractivity contribution in [1.82, 2.24) is 9.21 Å². The number of carbonyl (C=O) groups is 2. The second kappa shape index (κ2) is 10.0. The molecule has 2 rings (SSSR count). The summed E-state index contributed by atoms with van der Waals surface area (Å²) in [5, 5.41) is 10.0. The SMILES string of the molecule is C=CCN(CC=C)C(=O)COC(=O)C1CC(O)CN1S(=O)(=O)c1ccc(C)c(C)c1. The third-order valence-electron chi connectivity index (χ3n) is 4.98. The minimum Gasteiger partial charge on any atom is -0.454 e. The molecule has 1 aromatic carbocycles. The first-order valence-corrected chi connectivity index (χ1v) is 11.0. The number of aliphatic hydroxyl groups excluding tert-OH is 1. The zero-order valence-electron chi connectivity index (χ0n) is 17.3. The van der Waals surface area contributed by atoms with Gasteiger partial charge in [0.2, 0.25) is 10.0 Å². The monoisotopic (exact) mass is 436 g/mol. The number of β-amino-alcohol motifs (C(OH)–C–C–N with tert-alkyl or cyclic N) is 1. The van der Waals surface area contributed by atoms with E-state index in [-0.39, 0.29) is 31.0 Å². The molecule has 9 heteroatoms. The molecule has 0 radical (unpaired) electrons. The Hall–Kier alpha value is -2.49. The number of hydrogen-bond donors (Lipinski definition) is 1. The first-order valence-electron chi connectivity index (χ1n) is 9.55. The summed E-state index contributed by atoms with van der Waals surface area (Å²) in [4.78, 5) is 26.3. The van der Waals surface area contributed by atoms with Crippen LogP contribution in [0.2, 0.25) is 0 Å². The van der Waals surface area contributed by atoms with Crippen LogP contribution in [-0.4, -0.2) is 73.0 Å². The van der Waals surface area contributed by atoms with E-state index < -0.39 is 40.7 Å². The van der Waals surface area contributed by atoms with Gasteiger partial charge in [0, 0.05) is 26.1 Å². The number of aliphatic hydroxyl groups is 1. The van der Waals surface area contributed by atoms with E-state index in [4.69, 9.17) is 4.74 Å². The van der Waals surface area contributed by atoms with Crippen LogP contribution in [0.5, 0.6) is 0 Å². The van der Waals surface area contributed by atoms with E-state index in [1.54, 1.807) is 13.0 Å². The molecular weight excluding hydrogens is 408 g/mol. The van der Waals surface area contributed by atoms with Gasteiger partial charge in [-0.3, -0.25) is 9.59 Å². The maximum Gasteiger partial charge on any atom is 0.325 e. The largest absolute Gasteiger partial charge is 0.454 e. The molecule has 1 aliphatic heterocycles. The molecular formula is C21H28N2O6S. The number of rotatable bonds is 9. The molecule has 1 heterocycles. The second-order valence-corrected chi connectivity index (χ2v) is 9.10. The average molecular weight is 437 g/mol. The molecule has 8 nitrogen and oxygen atoms in total. The molecule has 1 aliphatic rings. The summed E-state index contributed by atoms with van der Waals surface area (Å²) in [7, 11) is -4.03. The third-order valence-corrected chi connectivity index (χ3v) is 6.85. The number of ether oxygens (including phenoxy) is 1. The molecule has 0 aliphatic carbocycles. The van der Waals surface area contributed by atoms with Crippen molar-refractivity contribution in [2.45, 2.75) is 37.3 Å². The van der Waals surface area contributed by atoms with Crippen LogP contribution in [0.25, 0.3) is 0 Å². The summed E-state index contributed by atoms with van der Waals surface area (Å²) in [6, 6.07) is 3.49. The van der Waals surface area contributed by atoms with Gasteiger partial charge >= 0.3 is 5.97 Å². The number of sulfonamides is 1. The van der Waals surface area contributed by atoms with Crippen LogP contribution in [0, 0.1) is 13.8 Å². The molecule has 2 unspecified atom stereocenters. The molecule has 0 aromatic heterocycles. The summed E-state index contributed by atoms with van der Waals surface area (Å²) in [6.07, 6.45) is 1.97. The Morgan fingerprint density at radius 2 is 1.87 bits per heavy atom. The van der Waals surface area contributed by atoms with Crippen LogP contribution >= 0.6 is 0 Å². The average Bonchev–Trinajstić information content (AvgIpc) is 3.10. The van der Waals surface area contributed by atoms with Gasteiger partial charge in [0.05, 0.1) is 11.0 Å². The summed E-state index contributed by atoms with van der Waals surface area (Å²) in [5.74, 6) is -1.32. The lowest BCUT2D eigenvalue weighted by molar-refractivity contribution is -0.154. The second-order valence-electron chi connectivity index (χ2n) is 7.21. The lowest BCUT2D eigenvalue weighted by Gasteiger charge is -2.24. The molecule has 30 heavy (non-hydrogen) atoms. The van der Waals surface area contributed by atoms with Crippen LogP contribution in [0.3, 0.4) is 0 Å². The van der Waals surface area contributed by atoms with Crippen LogP contribution in [0.4, 0.5) is 0 Å². The van der Waals surface area contributed by atoms with E-state index in [2.05, 4.69) is 13.2 Å². The molecule has 0 spiro atoms. The Morgan fingerprint density at radius 1 is 1.23 bits per heavy atom. The van der Waals surface area contributed by atoms with Gasteiger partial charge in [0.1, 0.15) is 6.04 Å². The van der Waals surface area contributed by atoms with Crippen molar-refractivity contribution in [2.24, 2.45) is 0 Å². The lowest BCUT2D eigenvalue weighted by atomic mass is 10.1. The Labute approximate surface area is 177 Å². The Kier molecular flexibility index (Phi) is 7.94. The highest BCUT2D eigenvalue weighted by Crippen LogP contribution is 2.28. The molecule has 1 amide bonds. The number of carbonyl (C=O) groups excluding carboxylic acids is 2. The minimum absolute atomic E-state index is 0.0386. The highest BCUT2D eigenvalue weighted by atomic mass is 32.2. The van der Waals surface area contributed by atoms with Gasteiger partial charge in [-0.2, -0.15) is 4.31 Å². The Bertz CT molecular complexity index is 917. The van der Waals surface area contributed by atoms with Gasteiger partial charge < -0.3 is 14.7 Å². The molecule has 0 saturated carbocycles. The third kappa shape index (κ3) is 5.35. The van der Waals surface area contributed by atoms with E-state index in [1.807, 2.05) is 6.92 Å². The summed E-state index contributed by atoms with van der Waals surface area (Å²) < 4.78 is 32.2. The van der Waals surface area contributed by atoms with Crippen molar-refractivity contribution >= 4 is 21.9 Å².